The van der Waals surface area contributed by atoms with Gasteiger partial charge in [0.25, 0.3) is 5.91 Å². The van der Waals surface area contributed by atoms with E-state index in [1.54, 1.807) is 19.2 Å². The SMILES string of the molecule is CN1N=C(c2ccccc2Cl)OCC1=O. The van der Waals surface area contributed by atoms with Crippen molar-refractivity contribution >= 4 is 23.4 Å². The minimum Gasteiger partial charge on any atom is -0.466 e. The van der Waals surface area contributed by atoms with Gasteiger partial charge in [-0.25, -0.2) is 5.01 Å². The van der Waals surface area contributed by atoms with Gasteiger partial charge in [-0.2, -0.15) is 0 Å². The van der Waals surface area contributed by atoms with Gasteiger partial charge in [0, 0.05) is 7.05 Å². The Kier molecular flexibility index (Phi) is 2.60. The van der Waals surface area contributed by atoms with E-state index in [4.69, 9.17) is 16.3 Å². The van der Waals surface area contributed by atoms with Crippen molar-refractivity contribution in [3.05, 3.63) is 34.9 Å². The average Bonchev–Trinajstić information content (AvgIpc) is 2.23. The van der Waals surface area contributed by atoms with Crippen molar-refractivity contribution in [3.8, 4) is 0 Å². The van der Waals surface area contributed by atoms with Gasteiger partial charge < -0.3 is 4.74 Å². The normalized spacial score (nSPS) is 16.0. The molecule has 0 fully saturated rings. The summed E-state index contributed by atoms with van der Waals surface area (Å²) in [5.41, 5.74) is 0.693. The lowest BCUT2D eigenvalue weighted by atomic mass is 10.2. The third kappa shape index (κ3) is 1.94. The highest BCUT2D eigenvalue weighted by atomic mass is 35.5. The van der Waals surface area contributed by atoms with E-state index in [9.17, 15) is 4.79 Å². The number of amides is 1. The van der Waals surface area contributed by atoms with Crippen molar-refractivity contribution in [3.63, 3.8) is 0 Å². The molecule has 1 aliphatic rings. The molecule has 0 N–H and O–H groups in total. The molecule has 0 radical (unpaired) electrons. The van der Waals surface area contributed by atoms with Crippen LogP contribution in [0.2, 0.25) is 5.02 Å². The van der Waals surface area contributed by atoms with Gasteiger partial charge in [-0.1, -0.05) is 23.7 Å². The predicted octanol–water partition coefficient (Wildman–Crippen LogP) is 1.49. The molecule has 78 valence electrons. The Hall–Kier alpha value is -1.55. The van der Waals surface area contributed by atoms with Gasteiger partial charge in [0.2, 0.25) is 5.90 Å². The molecule has 1 aliphatic heterocycles. The molecule has 1 heterocycles. The maximum absolute atomic E-state index is 11.1. The Bertz CT molecular complexity index is 431. The molecule has 15 heavy (non-hydrogen) atoms. The van der Waals surface area contributed by atoms with Crippen LogP contribution >= 0.6 is 11.6 Å². The first kappa shape index (κ1) is 9.98. The first-order chi connectivity index (χ1) is 7.18. The quantitative estimate of drug-likeness (QED) is 0.725. The Balaban J connectivity index is 2.37. The summed E-state index contributed by atoms with van der Waals surface area (Å²) in [4.78, 5) is 11.1. The smallest absolute Gasteiger partial charge is 0.280 e. The average molecular weight is 225 g/mol. The third-order valence-corrected chi connectivity index (χ3v) is 2.37. The van der Waals surface area contributed by atoms with Crippen molar-refractivity contribution in [2.45, 2.75) is 0 Å². The molecule has 5 heteroatoms. The van der Waals surface area contributed by atoms with Gasteiger partial charge in [-0.3, -0.25) is 4.79 Å². The summed E-state index contributed by atoms with van der Waals surface area (Å²) in [6.45, 7) is 0.000552. The molecule has 0 spiro atoms. The van der Waals surface area contributed by atoms with Gasteiger partial charge in [0.1, 0.15) is 0 Å². The van der Waals surface area contributed by atoms with Gasteiger partial charge >= 0.3 is 0 Å². The summed E-state index contributed by atoms with van der Waals surface area (Å²) in [5.74, 6) is 0.202. The summed E-state index contributed by atoms with van der Waals surface area (Å²) in [6, 6.07) is 7.21. The van der Waals surface area contributed by atoms with Crippen LogP contribution in [0.3, 0.4) is 0 Å². The molecule has 0 saturated heterocycles. The molecule has 4 nitrogen and oxygen atoms in total. The van der Waals surface area contributed by atoms with Crippen molar-refractivity contribution < 1.29 is 9.53 Å². The number of rotatable bonds is 1. The van der Waals surface area contributed by atoms with Crippen LogP contribution in [0.5, 0.6) is 0 Å². The van der Waals surface area contributed by atoms with E-state index in [0.717, 1.165) is 0 Å². The zero-order chi connectivity index (χ0) is 10.8. The van der Waals surface area contributed by atoms with Crippen LogP contribution in [0, 0.1) is 0 Å². The van der Waals surface area contributed by atoms with Crippen molar-refractivity contribution in [1.82, 2.24) is 5.01 Å². The van der Waals surface area contributed by atoms with Crippen molar-refractivity contribution in [2.24, 2.45) is 5.10 Å². The number of halogens is 1. The number of likely N-dealkylation sites (N-methyl/N-ethyl adjacent to an activating group) is 1. The molecule has 0 saturated carbocycles. The molecule has 1 aromatic rings. The molecule has 0 unspecified atom stereocenters. The second-order valence-corrected chi connectivity index (χ2v) is 3.50. The highest BCUT2D eigenvalue weighted by molar-refractivity contribution is 6.33. The van der Waals surface area contributed by atoms with E-state index in [-0.39, 0.29) is 12.5 Å². The maximum atomic E-state index is 11.1. The fourth-order valence-corrected chi connectivity index (χ4v) is 1.43. The van der Waals surface area contributed by atoms with Gasteiger partial charge in [0.15, 0.2) is 6.61 Å². The van der Waals surface area contributed by atoms with Crippen LogP contribution in [0.15, 0.2) is 29.4 Å². The highest BCUT2D eigenvalue weighted by Gasteiger charge is 2.20. The minimum atomic E-state index is -0.175. The van der Waals surface area contributed by atoms with E-state index >= 15 is 0 Å². The lowest BCUT2D eigenvalue weighted by Crippen LogP contribution is -2.34. The Morgan fingerprint density at radius 2 is 2.20 bits per heavy atom. The monoisotopic (exact) mass is 224 g/mol. The van der Waals surface area contributed by atoms with Crippen LogP contribution < -0.4 is 0 Å². The number of carbonyl (C=O) groups excluding carboxylic acids is 1. The first-order valence-electron chi connectivity index (χ1n) is 4.41. The fourth-order valence-electron chi connectivity index (χ4n) is 1.21. The van der Waals surface area contributed by atoms with Crippen molar-refractivity contribution in [1.29, 1.82) is 0 Å². The summed E-state index contributed by atoms with van der Waals surface area (Å²) in [5, 5.41) is 5.79. The molecule has 0 bridgehead atoms. The Morgan fingerprint density at radius 1 is 1.47 bits per heavy atom. The molecule has 2 rings (SSSR count). The second-order valence-electron chi connectivity index (χ2n) is 3.09. The van der Waals surface area contributed by atoms with Gasteiger partial charge in [-0.15, -0.1) is 5.10 Å². The summed E-state index contributed by atoms with van der Waals surface area (Å²) >= 11 is 5.98. The van der Waals surface area contributed by atoms with E-state index in [0.29, 0.717) is 16.5 Å². The topological polar surface area (TPSA) is 41.9 Å². The minimum absolute atomic E-state index is 0.000552. The first-order valence-corrected chi connectivity index (χ1v) is 4.79. The zero-order valence-corrected chi connectivity index (χ0v) is 8.86. The number of hydrogen-bond donors (Lipinski definition) is 0. The summed E-state index contributed by atoms with van der Waals surface area (Å²) in [7, 11) is 1.59. The molecule has 1 amide bonds. The molecule has 0 atom stereocenters. The second kappa shape index (κ2) is 3.90. The number of hydrazone groups is 1. The van der Waals surface area contributed by atoms with E-state index in [2.05, 4.69) is 5.10 Å². The van der Waals surface area contributed by atoms with Crippen LogP contribution in [-0.4, -0.2) is 30.5 Å². The Labute approximate surface area is 92.1 Å². The van der Waals surface area contributed by atoms with E-state index in [1.165, 1.54) is 5.01 Å². The maximum Gasteiger partial charge on any atom is 0.280 e. The molecular weight excluding hydrogens is 216 g/mol. The lowest BCUT2D eigenvalue weighted by Gasteiger charge is -2.20. The lowest BCUT2D eigenvalue weighted by molar-refractivity contribution is -0.134. The third-order valence-electron chi connectivity index (χ3n) is 2.04. The van der Waals surface area contributed by atoms with Crippen LogP contribution in [0.25, 0.3) is 0 Å². The number of benzene rings is 1. The number of carbonyl (C=O) groups is 1. The molecular formula is C10H9ClN2O2. The molecule has 0 aliphatic carbocycles. The van der Waals surface area contributed by atoms with Gasteiger partial charge in [0.05, 0.1) is 10.6 Å². The molecule has 0 aromatic heterocycles. The largest absolute Gasteiger partial charge is 0.466 e. The summed E-state index contributed by atoms with van der Waals surface area (Å²) in [6.07, 6.45) is 0. The number of nitrogens with zero attached hydrogens (tertiary/aromatic N) is 2. The molecule has 1 aromatic carbocycles. The van der Waals surface area contributed by atoms with Gasteiger partial charge in [-0.05, 0) is 12.1 Å². The van der Waals surface area contributed by atoms with E-state index < -0.39 is 0 Å². The standard InChI is InChI=1S/C10H9ClN2O2/c1-13-9(14)6-15-10(12-13)7-4-2-3-5-8(7)11/h2-5H,6H2,1H3. The summed E-state index contributed by atoms with van der Waals surface area (Å²) < 4.78 is 5.20. The fraction of sp³-hybridized carbons (Fsp3) is 0.200. The highest BCUT2D eigenvalue weighted by Crippen LogP contribution is 2.18. The zero-order valence-electron chi connectivity index (χ0n) is 8.11. The van der Waals surface area contributed by atoms with Crippen LogP contribution in [-0.2, 0) is 9.53 Å². The number of ether oxygens (including phenoxy) is 1. The van der Waals surface area contributed by atoms with E-state index in [1.807, 2.05) is 12.1 Å². The van der Waals surface area contributed by atoms with Crippen molar-refractivity contribution in [2.75, 3.05) is 13.7 Å². The Morgan fingerprint density at radius 3 is 2.87 bits per heavy atom. The van der Waals surface area contributed by atoms with Crippen LogP contribution in [0.1, 0.15) is 5.56 Å². The van der Waals surface area contributed by atoms with Crippen LogP contribution in [0.4, 0.5) is 0 Å². The number of hydrogen-bond acceptors (Lipinski definition) is 3. The predicted molar refractivity (Wildman–Crippen MR) is 56.7 cm³/mol.